The number of sulfonamides is 1. The summed E-state index contributed by atoms with van der Waals surface area (Å²) in [4.78, 5) is 0. The molecule has 0 amide bonds. The maximum Gasteiger partial charge on any atom is 0.232 e. The third kappa shape index (κ3) is 10.4. The summed E-state index contributed by atoms with van der Waals surface area (Å²) in [5.74, 6) is 6.07. The highest BCUT2D eigenvalue weighted by Crippen LogP contribution is 2.10. The third-order valence-corrected chi connectivity index (χ3v) is 5.82. The molecule has 0 bridgehead atoms. The van der Waals surface area contributed by atoms with E-state index in [1.807, 2.05) is 6.07 Å². The van der Waals surface area contributed by atoms with Crippen LogP contribution in [0.4, 0.5) is 5.69 Å². The van der Waals surface area contributed by atoms with Crippen LogP contribution in [0.1, 0.15) is 43.7 Å². The lowest BCUT2D eigenvalue weighted by Gasteiger charge is -2.05. The molecule has 0 saturated heterocycles. The van der Waals surface area contributed by atoms with E-state index in [1.54, 1.807) is 31.2 Å². The fourth-order valence-electron chi connectivity index (χ4n) is 2.77. The van der Waals surface area contributed by atoms with Gasteiger partial charge in [-0.15, -0.1) is 0 Å². The van der Waals surface area contributed by atoms with Crippen molar-refractivity contribution in [1.82, 2.24) is 5.32 Å². The molecule has 0 heterocycles. The van der Waals surface area contributed by atoms with Crippen LogP contribution in [-0.2, 0) is 21.3 Å². The number of benzene rings is 2. The normalized spacial score (nSPS) is 11.0. The summed E-state index contributed by atoms with van der Waals surface area (Å²) >= 11 is 0. The Labute approximate surface area is 181 Å². The summed E-state index contributed by atoms with van der Waals surface area (Å²) in [5.41, 5.74) is 2.71. The molecule has 0 aromatic heterocycles. The van der Waals surface area contributed by atoms with Crippen LogP contribution in [0.5, 0.6) is 0 Å². The number of nitrogens with one attached hydrogen (secondary N) is 2. The molecule has 0 fully saturated rings. The average molecular weight is 429 g/mol. The van der Waals surface area contributed by atoms with Crippen molar-refractivity contribution in [2.45, 2.75) is 39.2 Å². The second-order valence-electron chi connectivity index (χ2n) is 7.01. The molecule has 0 radical (unpaired) electrons. The lowest BCUT2D eigenvalue weighted by atomic mass is 10.2. The van der Waals surface area contributed by atoms with E-state index in [0.717, 1.165) is 38.1 Å². The number of rotatable bonds is 13. The van der Waals surface area contributed by atoms with Crippen LogP contribution < -0.4 is 10.0 Å². The van der Waals surface area contributed by atoms with Crippen molar-refractivity contribution in [3.63, 3.8) is 0 Å². The average Bonchev–Trinajstić information content (AvgIpc) is 2.76. The molecule has 6 heteroatoms. The van der Waals surface area contributed by atoms with Crippen molar-refractivity contribution in [2.75, 3.05) is 30.2 Å². The van der Waals surface area contributed by atoms with Gasteiger partial charge in [0.2, 0.25) is 10.0 Å². The minimum absolute atomic E-state index is 0.0526. The fraction of sp³-hybridized carbons (Fsp3) is 0.417. The van der Waals surface area contributed by atoms with Crippen molar-refractivity contribution in [3.8, 4) is 11.8 Å². The molecule has 2 aromatic carbocycles. The van der Waals surface area contributed by atoms with Gasteiger partial charge in [0.1, 0.15) is 6.61 Å². The molecule has 0 aliphatic rings. The lowest BCUT2D eigenvalue weighted by molar-refractivity contribution is 0.162. The first-order valence-electron chi connectivity index (χ1n) is 10.5. The van der Waals surface area contributed by atoms with Gasteiger partial charge in [0.05, 0.1) is 5.75 Å². The second-order valence-corrected chi connectivity index (χ2v) is 9.02. The minimum atomic E-state index is -3.25. The van der Waals surface area contributed by atoms with Gasteiger partial charge in [-0.2, -0.15) is 0 Å². The van der Waals surface area contributed by atoms with E-state index >= 15 is 0 Å². The molecule has 0 aliphatic heterocycles. The molecule has 5 nitrogen and oxygen atoms in total. The first-order valence-corrected chi connectivity index (χ1v) is 12.2. The molecule has 2 N–H and O–H groups in total. The maximum absolute atomic E-state index is 11.5. The molecule has 0 spiro atoms. The van der Waals surface area contributed by atoms with E-state index in [4.69, 9.17) is 4.74 Å². The molecule has 2 aromatic rings. The van der Waals surface area contributed by atoms with E-state index in [2.05, 4.69) is 46.1 Å². The van der Waals surface area contributed by atoms with E-state index in [1.165, 1.54) is 18.4 Å². The van der Waals surface area contributed by atoms with Crippen LogP contribution in [0.15, 0.2) is 54.6 Å². The number of ether oxygens (including phenoxy) is 1. The van der Waals surface area contributed by atoms with Gasteiger partial charge < -0.3 is 10.1 Å². The van der Waals surface area contributed by atoms with Crippen LogP contribution in [0.25, 0.3) is 0 Å². The Morgan fingerprint density at radius 1 is 0.933 bits per heavy atom. The van der Waals surface area contributed by atoms with Crippen LogP contribution in [0, 0.1) is 11.8 Å². The fourth-order valence-corrected chi connectivity index (χ4v) is 3.41. The molecule has 2 rings (SSSR count). The molecule has 0 unspecified atom stereocenters. The lowest BCUT2D eigenvalue weighted by Crippen LogP contribution is -2.14. The molecular formula is C24H32N2O3S. The molecular weight excluding hydrogens is 396 g/mol. The molecule has 162 valence electrons. The Morgan fingerprint density at radius 2 is 1.67 bits per heavy atom. The van der Waals surface area contributed by atoms with Gasteiger partial charge in [-0.1, -0.05) is 55.0 Å². The summed E-state index contributed by atoms with van der Waals surface area (Å²) < 4.78 is 31.1. The Balaban J connectivity index is 1.48. The minimum Gasteiger partial charge on any atom is -0.369 e. The van der Waals surface area contributed by atoms with Gasteiger partial charge in [-0.3, -0.25) is 4.72 Å². The van der Waals surface area contributed by atoms with Crippen LogP contribution in [0.2, 0.25) is 0 Å². The SMILES string of the molecule is CCS(=O)(=O)Nc1ccc(C#CCOCCCCCCNCc2ccccc2)cc1. The standard InChI is InChI=1S/C24H32N2O3S/c1-2-30(27,28)26-24-16-14-22(15-17-24)13-10-20-29-19-9-4-3-8-18-25-21-23-11-6-5-7-12-23/h5-7,11-12,14-17,25-26H,2-4,8-9,18-21H2,1H3. The molecule has 0 aliphatic carbocycles. The van der Waals surface area contributed by atoms with Crippen molar-refractivity contribution in [3.05, 3.63) is 65.7 Å². The summed E-state index contributed by atoms with van der Waals surface area (Å²) in [6, 6.07) is 17.5. The third-order valence-electron chi connectivity index (χ3n) is 4.51. The molecule has 0 saturated carbocycles. The molecule has 30 heavy (non-hydrogen) atoms. The van der Waals surface area contributed by atoms with Gasteiger partial charge in [0.25, 0.3) is 0 Å². The van der Waals surface area contributed by atoms with Gasteiger partial charge in [-0.05, 0) is 56.1 Å². The number of anilines is 1. The zero-order valence-electron chi connectivity index (χ0n) is 17.7. The van der Waals surface area contributed by atoms with Crippen molar-refractivity contribution < 1.29 is 13.2 Å². The van der Waals surface area contributed by atoms with Crippen LogP contribution in [0.3, 0.4) is 0 Å². The first-order chi connectivity index (χ1) is 14.6. The zero-order chi connectivity index (χ0) is 21.5. The summed E-state index contributed by atoms with van der Waals surface area (Å²) in [7, 11) is -3.25. The van der Waals surface area contributed by atoms with E-state index in [0.29, 0.717) is 12.3 Å². The Morgan fingerprint density at radius 3 is 2.40 bits per heavy atom. The Kier molecular flexibility index (Phi) is 11.0. The monoisotopic (exact) mass is 428 g/mol. The van der Waals surface area contributed by atoms with Crippen molar-refractivity contribution in [1.29, 1.82) is 0 Å². The highest BCUT2D eigenvalue weighted by Gasteiger charge is 2.05. The van der Waals surface area contributed by atoms with Gasteiger partial charge in [0, 0.05) is 24.4 Å². The topological polar surface area (TPSA) is 67.4 Å². The Bertz CT molecular complexity index is 886. The van der Waals surface area contributed by atoms with Gasteiger partial charge in [-0.25, -0.2) is 8.42 Å². The van der Waals surface area contributed by atoms with E-state index in [-0.39, 0.29) is 5.75 Å². The second kappa shape index (κ2) is 13.8. The van der Waals surface area contributed by atoms with Gasteiger partial charge >= 0.3 is 0 Å². The van der Waals surface area contributed by atoms with E-state index in [9.17, 15) is 8.42 Å². The first kappa shape index (κ1) is 23.9. The quantitative estimate of drug-likeness (QED) is 0.371. The maximum atomic E-state index is 11.5. The smallest absolute Gasteiger partial charge is 0.232 e. The highest BCUT2D eigenvalue weighted by molar-refractivity contribution is 7.92. The number of hydrogen-bond acceptors (Lipinski definition) is 4. The predicted octanol–water partition coefficient (Wildman–Crippen LogP) is 4.17. The molecule has 0 atom stereocenters. The largest absolute Gasteiger partial charge is 0.369 e. The zero-order valence-corrected chi connectivity index (χ0v) is 18.5. The highest BCUT2D eigenvalue weighted by atomic mass is 32.2. The summed E-state index contributed by atoms with van der Waals surface area (Å²) in [6.45, 7) is 4.71. The van der Waals surface area contributed by atoms with Crippen molar-refractivity contribution in [2.24, 2.45) is 0 Å². The van der Waals surface area contributed by atoms with Crippen LogP contribution in [-0.4, -0.2) is 33.9 Å². The summed E-state index contributed by atoms with van der Waals surface area (Å²) in [6.07, 6.45) is 4.59. The van der Waals surface area contributed by atoms with Crippen molar-refractivity contribution >= 4 is 15.7 Å². The summed E-state index contributed by atoms with van der Waals surface area (Å²) in [5, 5.41) is 3.47. The van der Waals surface area contributed by atoms with E-state index < -0.39 is 10.0 Å². The van der Waals surface area contributed by atoms with Gasteiger partial charge in [0.15, 0.2) is 0 Å². The van der Waals surface area contributed by atoms with Crippen LogP contribution >= 0.6 is 0 Å². The Hall–Kier alpha value is -2.33. The number of unbranched alkanes of at least 4 members (excludes halogenated alkanes) is 3. The number of hydrogen-bond donors (Lipinski definition) is 2. The predicted molar refractivity (Wildman–Crippen MR) is 124 cm³/mol.